The molecule has 2 amide bonds. The molecule has 0 atom stereocenters. The summed E-state index contributed by atoms with van der Waals surface area (Å²) in [6, 6.07) is 3.62. The highest BCUT2D eigenvalue weighted by Crippen LogP contribution is 2.04. The van der Waals surface area contributed by atoms with Crippen LogP contribution in [0.4, 0.5) is 0 Å². The quantitative estimate of drug-likeness (QED) is 0.719. The molecule has 0 radical (unpaired) electrons. The molecule has 6 heteroatoms. The Morgan fingerprint density at radius 1 is 1.10 bits per heavy atom. The van der Waals surface area contributed by atoms with E-state index in [9.17, 15) is 9.59 Å². The van der Waals surface area contributed by atoms with Gasteiger partial charge in [0.1, 0.15) is 5.76 Å². The van der Waals surface area contributed by atoms with Crippen molar-refractivity contribution in [2.75, 3.05) is 40.3 Å². The molecule has 1 heterocycles. The van der Waals surface area contributed by atoms with Crippen molar-refractivity contribution < 1.29 is 14.0 Å². The molecule has 0 aliphatic rings. The molecule has 0 spiro atoms. The van der Waals surface area contributed by atoms with Crippen LogP contribution in [0.1, 0.15) is 19.6 Å². The zero-order valence-electron chi connectivity index (χ0n) is 13.3. The van der Waals surface area contributed by atoms with E-state index in [-0.39, 0.29) is 24.9 Å². The molecular formula is C15H25N3O3. The molecule has 118 valence electrons. The summed E-state index contributed by atoms with van der Waals surface area (Å²) in [5.41, 5.74) is 0. The van der Waals surface area contributed by atoms with Gasteiger partial charge in [0.05, 0.1) is 25.9 Å². The summed E-state index contributed by atoms with van der Waals surface area (Å²) >= 11 is 0. The van der Waals surface area contributed by atoms with E-state index in [1.807, 2.05) is 19.9 Å². The largest absolute Gasteiger partial charge is 0.467 e. The Hall–Kier alpha value is -1.82. The van der Waals surface area contributed by atoms with Crippen molar-refractivity contribution in [1.29, 1.82) is 0 Å². The Balaban J connectivity index is 2.41. The second-order valence-electron chi connectivity index (χ2n) is 5.07. The molecule has 0 aliphatic heterocycles. The maximum absolute atomic E-state index is 12.1. The van der Waals surface area contributed by atoms with Crippen molar-refractivity contribution in [3.63, 3.8) is 0 Å². The normalized spacial score (nSPS) is 10.7. The number of amides is 2. The van der Waals surface area contributed by atoms with Crippen molar-refractivity contribution in [2.45, 2.75) is 20.4 Å². The minimum absolute atomic E-state index is 0.0405. The number of rotatable bonds is 8. The molecule has 21 heavy (non-hydrogen) atoms. The number of hydrogen-bond acceptors (Lipinski definition) is 4. The summed E-state index contributed by atoms with van der Waals surface area (Å²) in [5, 5.41) is 0. The fraction of sp³-hybridized carbons (Fsp3) is 0.600. The Morgan fingerprint density at radius 2 is 1.71 bits per heavy atom. The molecule has 0 fully saturated rings. The SMILES string of the molecule is CCN(CC)C(=O)CN(C)CC(=O)N(C)Cc1ccco1. The lowest BCUT2D eigenvalue weighted by Crippen LogP contribution is -2.42. The van der Waals surface area contributed by atoms with E-state index in [1.54, 1.807) is 41.1 Å². The van der Waals surface area contributed by atoms with Crippen LogP contribution in [-0.2, 0) is 16.1 Å². The van der Waals surface area contributed by atoms with Crippen molar-refractivity contribution >= 4 is 11.8 Å². The van der Waals surface area contributed by atoms with E-state index in [1.165, 1.54) is 0 Å². The lowest BCUT2D eigenvalue weighted by molar-refractivity contribution is -0.134. The van der Waals surface area contributed by atoms with Gasteiger partial charge in [0, 0.05) is 20.1 Å². The van der Waals surface area contributed by atoms with Crippen molar-refractivity contribution in [2.24, 2.45) is 0 Å². The molecular weight excluding hydrogens is 270 g/mol. The smallest absolute Gasteiger partial charge is 0.236 e. The summed E-state index contributed by atoms with van der Waals surface area (Å²) in [5.74, 6) is 0.748. The number of hydrogen-bond donors (Lipinski definition) is 0. The first kappa shape index (κ1) is 17.2. The van der Waals surface area contributed by atoms with Crippen LogP contribution in [0, 0.1) is 0 Å². The van der Waals surface area contributed by atoms with E-state index in [0.717, 1.165) is 5.76 Å². The maximum Gasteiger partial charge on any atom is 0.236 e. The van der Waals surface area contributed by atoms with Crippen molar-refractivity contribution in [3.05, 3.63) is 24.2 Å². The number of furan rings is 1. The number of likely N-dealkylation sites (N-methyl/N-ethyl adjacent to an activating group) is 3. The highest BCUT2D eigenvalue weighted by molar-refractivity contribution is 5.81. The van der Waals surface area contributed by atoms with Crippen LogP contribution in [0.3, 0.4) is 0 Å². The first-order chi connectivity index (χ1) is 9.97. The molecule has 0 aliphatic carbocycles. The van der Waals surface area contributed by atoms with Gasteiger partial charge in [-0.05, 0) is 33.0 Å². The monoisotopic (exact) mass is 295 g/mol. The second-order valence-corrected chi connectivity index (χ2v) is 5.07. The van der Waals surface area contributed by atoms with Gasteiger partial charge < -0.3 is 14.2 Å². The van der Waals surface area contributed by atoms with Gasteiger partial charge in [-0.25, -0.2) is 0 Å². The van der Waals surface area contributed by atoms with Gasteiger partial charge in [-0.15, -0.1) is 0 Å². The van der Waals surface area contributed by atoms with Gasteiger partial charge in [-0.3, -0.25) is 14.5 Å². The zero-order chi connectivity index (χ0) is 15.8. The van der Waals surface area contributed by atoms with Crippen LogP contribution >= 0.6 is 0 Å². The minimum atomic E-state index is -0.0405. The molecule has 0 unspecified atom stereocenters. The van der Waals surface area contributed by atoms with Crippen molar-refractivity contribution in [3.8, 4) is 0 Å². The first-order valence-corrected chi connectivity index (χ1v) is 7.20. The van der Waals surface area contributed by atoms with Gasteiger partial charge in [0.2, 0.25) is 11.8 Å². The summed E-state index contributed by atoms with van der Waals surface area (Å²) in [7, 11) is 3.50. The molecule has 0 bridgehead atoms. The van der Waals surface area contributed by atoms with E-state index >= 15 is 0 Å². The van der Waals surface area contributed by atoms with Gasteiger partial charge in [-0.1, -0.05) is 0 Å². The highest BCUT2D eigenvalue weighted by Gasteiger charge is 2.17. The topological polar surface area (TPSA) is 57.0 Å². The third kappa shape index (κ3) is 5.59. The van der Waals surface area contributed by atoms with Gasteiger partial charge in [0.25, 0.3) is 0 Å². The molecule has 1 aromatic heterocycles. The van der Waals surface area contributed by atoms with Crippen LogP contribution in [0.2, 0.25) is 0 Å². The average molecular weight is 295 g/mol. The predicted molar refractivity (Wildman–Crippen MR) is 80.6 cm³/mol. The molecule has 0 saturated carbocycles. The van der Waals surface area contributed by atoms with E-state index < -0.39 is 0 Å². The van der Waals surface area contributed by atoms with Gasteiger partial charge >= 0.3 is 0 Å². The molecule has 0 saturated heterocycles. The van der Waals surface area contributed by atoms with Crippen molar-refractivity contribution in [1.82, 2.24) is 14.7 Å². The molecule has 6 nitrogen and oxygen atoms in total. The van der Waals surface area contributed by atoms with Crippen LogP contribution < -0.4 is 0 Å². The predicted octanol–water partition coefficient (Wildman–Crippen LogP) is 1.04. The Bertz CT molecular complexity index is 441. The Labute approximate surface area is 126 Å². The maximum atomic E-state index is 12.1. The Morgan fingerprint density at radius 3 is 2.24 bits per heavy atom. The average Bonchev–Trinajstić information content (AvgIpc) is 2.92. The fourth-order valence-corrected chi connectivity index (χ4v) is 2.04. The van der Waals surface area contributed by atoms with Gasteiger partial charge in [-0.2, -0.15) is 0 Å². The Kier molecular flexibility index (Phi) is 6.94. The van der Waals surface area contributed by atoms with Gasteiger partial charge in [0.15, 0.2) is 0 Å². The fourth-order valence-electron chi connectivity index (χ4n) is 2.04. The lowest BCUT2D eigenvalue weighted by atomic mass is 10.3. The summed E-state index contributed by atoms with van der Waals surface area (Å²) in [6.45, 7) is 6.17. The van der Waals surface area contributed by atoms with Crippen LogP contribution in [0.15, 0.2) is 22.8 Å². The number of carbonyl (C=O) groups is 2. The van der Waals surface area contributed by atoms with Crippen LogP contribution in [0.5, 0.6) is 0 Å². The van der Waals surface area contributed by atoms with E-state index in [0.29, 0.717) is 19.6 Å². The highest BCUT2D eigenvalue weighted by atomic mass is 16.3. The summed E-state index contributed by atoms with van der Waals surface area (Å²) < 4.78 is 5.22. The molecule has 1 aromatic rings. The first-order valence-electron chi connectivity index (χ1n) is 7.20. The molecule has 0 N–H and O–H groups in total. The number of carbonyl (C=O) groups excluding carboxylic acids is 2. The van der Waals surface area contributed by atoms with Crippen LogP contribution in [0.25, 0.3) is 0 Å². The second kappa shape index (κ2) is 8.46. The summed E-state index contributed by atoms with van der Waals surface area (Å²) in [4.78, 5) is 29.1. The third-order valence-corrected chi connectivity index (χ3v) is 3.33. The molecule has 1 rings (SSSR count). The summed E-state index contributed by atoms with van der Waals surface area (Å²) in [6.07, 6.45) is 1.59. The zero-order valence-corrected chi connectivity index (χ0v) is 13.3. The standard InChI is InChI=1S/C15H25N3O3/c1-5-18(6-2)15(20)12-16(3)11-14(19)17(4)10-13-8-7-9-21-13/h7-9H,5-6,10-12H2,1-4H3. The van der Waals surface area contributed by atoms with E-state index in [4.69, 9.17) is 4.42 Å². The van der Waals surface area contributed by atoms with Crippen LogP contribution in [-0.4, -0.2) is 66.8 Å². The van der Waals surface area contributed by atoms with E-state index in [2.05, 4.69) is 0 Å². The lowest BCUT2D eigenvalue weighted by Gasteiger charge is -2.24. The third-order valence-electron chi connectivity index (χ3n) is 3.33. The minimum Gasteiger partial charge on any atom is -0.467 e. The molecule has 0 aromatic carbocycles. The number of nitrogens with zero attached hydrogens (tertiary/aromatic N) is 3.